The van der Waals surface area contributed by atoms with Gasteiger partial charge in [0.1, 0.15) is 6.61 Å². The van der Waals surface area contributed by atoms with Gasteiger partial charge in [-0.05, 0) is 66.6 Å². The number of halogens is 1. The van der Waals surface area contributed by atoms with Crippen LogP contribution in [-0.2, 0) is 9.53 Å². The van der Waals surface area contributed by atoms with Crippen molar-refractivity contribution in [3.8, 4) is 11.1 Å². The predicted octanol–water partition coefficient (Wildman–Crippen LogP) is 4.40. The Morgan fingerprint density at radius 1 is 1.12 bits per heavy atom. The summed E-state index contributed by atoms with van der Waals surface area (Å²) in [6.07, 6.45) is 2.36. The van der Waals surface area contributed by atoms with Crippen LogP contribution in [0.2, 0.25) is 0 Å². The van der Waals surface area contributed by atoms with Crippen molar-refractivity contribution in [2.24, 2.45) is 5.92 Å². The average molecular weight is 486 g/mol. The summed E-state index contributed by atoms with van der Waals surface area (Å²) in [7, 11) is 1.50. The third kappa shape index (κ3) is 5.06. The van der Waals surface area contributed by atoms with E-state index in [9.17, 15) is 9.59 Å². The molecule has 8 heteroatoms. The van der Waals surface area contributed by atoms with E-state index >= 15 is 0 Å². The van der Waals surface area contributed by atoms with Gasteiger partial charge in [0.05, 0.1) is 4.88 Å². The van der Waals surface area contributed by atoms with E-state index in [1.165, 1.54) is 31.3 Å². The Labute approximate surface area is 203 Å². The Morgan fingerprint density at radius 3 is 2.64 bits per heavy atom. The highest BCUT2D eigenvalue weighted by Crippen LogP contribution is 2.36. The molecule has 1 atom stereocenters. The Kier molecular flexibility index (Phi) is 7.34. The zero-order valence-corrected chi connectivity index (χ0v) is 20.1. The molecule has 2 N–H and O–H groups in total. The fourth-order valence-corrected chi connectivity index (χ4v) is 5.96. The number of piperidine rings is 3. The first-order valence-corrected chi connectivity index (χ1v) is 11.9. The molecule has 174 valence electrons. The molecule has 3 aromatic rings. The number of hydrogen-bond acceptors (Lipinski definition) is 5. The van der Waals surface area contributed by atoms with Crippen LogP contribution in [0.25, 0.3) is 21.2 Å². The highest BCUT2D eigenvalue weighted by molar-refractivity contribution is 7.21. The minimum absolute atomic E-state index is 0. The number of methoxy groups -OCH3 is 1. The molecule has 0 radical (unpaired) electrons. The molecule has 6 nitrogen and oxygen atoms in total. The minimum atomic E-state index is -0.189. The van der Waals surface area contributed by atoms with Gasteiger partial charge in [-0.1, -0.05) is 30.3 Å². The van der Waals surface area contributed by atoms with Gasteiger partial charge in [-0.15, -0.1) is 23.7 Å². The summed E-state index contributed by atoms with van der Waals surface area (Å²) >= 11 is 1.53. The number of anilines is 1. The van der Waals surface area contributed by atoms with Gasteiger partial charge in [-0.3, -0.25) is 9.59 Å². The number of amides is 2. The zero-order valence-electron chi connectivity index (χ0n) is 18.5. The van der Waals surface area contributed by atoms with E-state index in [1.807, 2.05) is 42.5 Å². The number of thiophene rings is 1. The number of nitrogens with one attached hydrogen (secondary N) is 2. The Bertz CT molecular complexity index is 1160. The van der Waals surface area contributed by atoms with E-state index in [0.29, 0.717) is 5.92 Å². The van der Waals surface area contributed by atoms with Crippen LogP contribution in [0.3, 0.4) is 0 Å². The van der Waals surface area contributed by atoms with Crippen molar-refractivity contribution in [1.29, 1.82) is 0 Å². The summed E-state index contributed by atoms with van der Waals surface area (Å²) in [5.41, 5.74) is 2.77. The smallest absolute Gasteiger partial charge is 0.261 e. The van der Waals surface area contributed by atoms with Crippen LogP contribution >= 0.6 is 23.7 Å². The Hall–Kier alpha value is -2.45. The van der Waals surface area contributed by atoms with Crippen molar-refractivity contribution in [2.75, 3.05) is 38.7 Å². The summed E-state index contributed by atoms with van der Waals surface area (Å²) in [6.45, 7) is 3.31. The monoisotopic (exact) mass is 485 g/mol. The molecular weight excluding hydrogens is 458 g/mol. The van der Waals surface area contributed by atoms with Crippen molar-refractivity contribution in [2.45, 2.75) is 18.9 Å². The molecule has 0 unspecified atom stereocenters. The Morgan fingerprint density at radius 2 is 1.91 bits per heavy atom. The van der Waals surface area contributed by atoms with Gasteiger partial charge in [0.25, 0.3) is 5.91 Å². The number of hydrogen-bond donors (Lipinski definition) is 2. The van der Waals surface area contributed by atoms with Crippen LogP contribution in [0.1, 0.15) is 22.5 Å². The van der Waals surface area contributed by atoms with Crippen LogP contribution in [0, 0.1) is 5.92 Å². The second-order valence-electron chi connectivity index (χ2n) is 8.61. The van der Waals surface area contributed by atoms with Gasteiger partial charge in [0.15, 0.2) is 0 Å². The first-order chi connectivity index (χ1) is 15.6. The molecule has 2 bridgehead atoms. The van der Waals surface area contributed by atoms with Crippen LogP contribution in [0.5, 0.6) is 0 Å². The van der Waals surface area contributed by atoms with Crippen LogP contribution in [0.15, 0.2) is 48.5 Å². The normalized spacial score (nSPS) is 21.4. The molecule has 3 aliphatic rings. The Balaban J connectivity index is 0.00000259. The van der Waals surface area contributed by atoms with Crippen molar-refractivity contribution >= 4 is 51.3 Å². The van der Waals surface area contributed by atoms with E-state index in [4.69, 9.17) is 4.74 Å². The highest BCUT2D eigenvalue weighted by atomic mass is 35.5. The average Bonchev–Trinajstić information content (AvgIpc) is 3.25. The van der Waals surface area contributed by atoms with Gasteiger partial charge in [-0.25, -0.2) is 0 Å². The molecule has 4 heterocycles. The van der Waals surface area contributed by atoms with E-state index in [2.05, 4.69) is 21.6 Å². The van der Waals surface area contributed by atoms with Crippen molar-refractivity contribution in [1.82, 2.24) is 10.2 Å². The second kappa shape index (κ2) is 10.2. The topological polar surface area (TPSA) is 70.7 Å². The van der Waals surface area contributed by atoms with Crippen LogP contribution in [-0.4, -0.2) is 56.1 Å². The summed E-state index contributed by atoms with van der Waals surface area (Å²) in [4.78, 5) is 28.1. The van der Waals surface area contributed by atoms with E-state index < -0.39 is 0 Å². The van der Waals surface area contributed by atoms with Gasteiger partial charge in [0.2, 0.25) is 5.91 Å². The lowest BCUT2D eigenvalue weighted by atomic mass is 9.84. The fraction of sp³-hybridized carbons (Fsp3) is 0.360. The van der Waals surface area contributed by atoms with Crippen LogP contribution < -0.4 is 10.6 Å². The zero-order chi connectivity index (χ0) is 22.1. The summed E-state index contributed by atoms with van der Waals surface area (Å²) in [5.74, 6) is 0.437. The standard InChI is InChI=1S/C25H27N3O3S.ClH/c1-31-15-23(29)26-19-6-2-4-17(12-19)20-7-3-5-18-13-22(32-24(18)20)25(30)27-21-14-28-10-8-16(21)9-11-28;/h2-7,12-13,16,21H,8-11,14-15H2,1H3,(H,26,29)(H,27,30);1H/t21-;/m0./s1. The molecule has 1 aromatic heterocycles. The molecule has 0 saturated carbocycles. The van der Waals surface area contributed by atoms with E-state index in [1.54, 1.807) is 0 Å². The first kappa shape index (κ1) is 23.7. The third-order valence-electron chi connectivity index (χ3n) is 6.47. The van der Waals surface area contributed by atoms with E-state index in [0.717, 1.165) is 51.4 Å². The van der Waals surface area contributed by atoms with Crippen LogP contribution in [0.4, 0.5) is 5.69 Å². The molecule has 0 aliphatic carbocycles. The molecule has 6 rings (SSSR count). The molecule has 3 saturated heterocycles. The molecule has 33 heavy (non-hydrogen) atoms. The maximum atomic E-state index is 13.1. The SMILES string of the molecule is COCC(=O)Nc1cccc(-c2cccc3cc(C(=O)N[C@H]4CN5CCC4CC5)sc23)c1.Cl. The molecule has 3 fully saturated rings. The number of nitrogens with zero attached hydrogens (tertiary/aromatic N) is 1. The van der Waals surface area contributed by atoms with Crippen molar-refractivity contribution in [3.05, 3.63) is 53.4 Å². The lowest BCUT2D eigenvalue weighted by molar-refractivity contribution is -0.119. The second-order valence-corrected chi connectivity index (χ2v) is 9.67. The molecule has 2 amide bonds. The largest absolute Gasteiger partial charge is 0.375 e. The molecule has 0 spiro atoms. The highest BCUT2D eigenvalue weighted by Gasteiger charge is 2.35. The van der Waals surface area contributed by atoms with Gasteiger partial charge in [0, 0.05) is 30.1 Å². The molecule has 2 aromatic carbocycles. The summed E-state index contributed by atoms with van der Waals surface area (Å²) in [6, 6.07) is 16.1. The maximum absolute atomic E-state index is 13.1. The number of rotatable bonds is 6. The summed E-state index contributed by atoms with van der Waals surface area (Å²) in [5, 5.41) is 7.21. The molecule has 3 aliphatic heterocycles. The maximum Gasteiger partial charge on any atom is 0.261 e. The van der Waals surface area contributed by atoms with E-state index in [-0.39, 0.29) is 36.9 Å². The lowest BCUT2D eigenvalue weighted by Gasteiger charge is -2.44. The number of carbonyl (C=O) groups is 2. The lowest BCUT2D eigenvalue weighted by Crippen LogP contribution is -2.57. The number of benzene rings is 2. The predicted molar refractivity (Wildman–Crippen MR) is 135 cm³/mol. The van der Waals surface area contributed by atoms with Crippen molar-refractivity contribution in [3.63, 3.8) is 0 Å². The number of fused-ring (bicyclic) bond motifs is 4. The van der Waals surface area contributed by atoms with Gasteiger partial charge < -0.3 is 20.3 Å². The minimum Gasteiger partial charge on any atom is -0.375 e. The number of carbonyl (C=O) groups excluding carboxylic acids is 2. The number of ether oxygens (including phenoxy) is 1. The molecular formula is C25H28ClN3O3S. The quantitative estimate of drug-likeness (QED) is 0.543. The summed E-state index contributed by atoms with van der Waals surface area (Å²) < 4.78 is 5.97. The van der Waals surface area contributed by atoms with Crippen molar-refractivity contribution < 1.29 is 14.3 Å². The first-order valence-electron chi connectivity index (χ1n) is 11.1. The van der Waals surface area contributed by atoms with Gasteiger partial charge in [-0.2, -0.15) is 0 Å². The third-order valence-corrected chi connectivity index (χ3v) is 7.66. The fourth-order valence-electron chi connectivity index (χ4n) is 4.86. The van der Waals surface area contributed by atoms with Gasteiger partial charge >= 0.3 is 0 Å².